The average molecular weight is 271 g/mol. The van der Waals surface area contributed by atoms with Gasteiger partial charge in [0, 0.05) is 12.1 Å². The largest absolute Gasteiger partial charge is 0.307 e. The van der Waals surface area contributed by atoms with E-state index in [2.05, 4.69) is 44.3 Å². The predicted octanol–water partition coefficient (Wildman–Crippen LogP) is 4.65. The van der Waals surface area contributed by atoms with Gasteiger partial charge in [-0.3, -0.25) is 0 Å². The fraction of sp³-hybridized carbons (Fsp3) is 0.684. The fourth-order valence-corrected chi connectivity index (χ4v) is 4.39. The Hall–Kier alpha value is -0.820. The Kier molecular flexibility index (Phi) is 4.16. The fourth-order valence-electron chi connectivity index (χ4n) is 4.39. The topological polar surface area (TPSA) is 12.0 Å². The van der Waals surface area contributed by atoms with Crippen molar-refractivity contribution < 1.29 is 0 Å². The summed E-state index contributed by atoms with van der Waals surface area (Å²) in [5, 5.41) is 3.89. The molecular formula is C19H29N. The Morgan fingerprint density at radius 3 is 2.45 bits per heavy atom. The molecule has 2 aliphatic rings. The molecule has 0 aliphatic heterocycles. The summed E-state index contributed by atoms with van der Waals surface area (Å²) in [6.07, 6.45) is 8.02. The van der Waals surface area contributed by atoms with Crippen LogP contribution in [0.2, 0.25) is 0 Å². The molecule has 110 valence electrons. The molecule has 0 saturated heterocycles. The summed E-state index contributed by atoms with van der Waals surface area (Å²) in [6.45, 7) is 7.15. The van der Waals surface area contributed by atoms with Crippen molar-refractivity contribution in [1.29, 1.82) is 0 Å². The van der Waals surface area contributed by atoms with E-state index in [1.165, 1.54) is 44.1 Å². The minimum Gasteiger partial charge on any atom is -0.307 e. The first kappa shape index (κ1) is 14.1. The van der Waals surface area contributed by atoms with Gasteiger partial charge in [-0.05, 0) is 74.0 Å². The molecule has 0 bridgehead atoms. The van der Waals surface area contributed by atoms with Gasteiger partial charge < -0.3 is 5.32 Å². The van der Waals surface area contributed by atoms with Crippen LogP contribution in [0, 0.1) is 11.8 Å². The lowest BCUT2D eigenvalue weighted by molar-refractivity contribution is 0.228. The second kappa shape index (κ2) is 5.89. The second-order valence-corrected chi connectivity index (χ2v) is 7.38. The summed E-state index contributed by atoms with van der Waals surface area (Å²) in [4.78, 5) is 0. The number of fused-ring (bicyclic) bond motifs is 1. The van der Waals surface area contributed by atoms with Crippen LogP contribution in [0.15, 0.2) is 18.2 Å². The van der Waals surface area contributed by atoms with E-state index in [1.54, 1.807) is 11.1 Å². The number of nitrogens with one attached hydrogen (secondary N) is 1. The van der Waals surface area contributed by atoms with E-state index in [4.69, 9.17) is 0 Å². The third kappa shape index (κ3) is 3.09. The van der Waals surface area contributed by atoms with Crippen LogP contribution in [0.25, 0.3) is 0 Å². The lowest BCUT2D eigenvalue weighted by atomic mass is 9.80. The van der Waals surface area contributed by atoms with Crippen LogP contribution in [0.3, 0.4) is 0 Å². The minimum atomic E-state index is 0.489. The normalized spacial score (nSPS) is 31.1. The molecule has 20 heavy (non-hydrogen) atoms. The zero-order valence-electron chi connectivity index (χ0n) is 13.3. The number of hydrogen-bond donors (Lipinski definition) is 1. The lowest BCUT2D eigenvalue weighted by Crippen LogP contribution is -2.37. The van der Waals surface area contributed by atoms with Gasteiger partial charge in [0.2, 0.25) is 0 Å². The summed E-state index contributed by atoms with van der Waals surface area (Å²) < 4.78 is 0. The maximum Gasteiger partial charge on any atom is 0.0294 e. The molecule has 2 aliphatic carbocycles. The summed E-state index contributed by atoms with van der Waals surface area (Å²) in [7, 11) is 0. The monoisotopic (exact) mass is 271 g/mol. The smallest absolute Gasteiger partial charge is 0.0294 e. The van der Waals surface area contributed by atoms with Crippen LogP contribution in [-0.4, -0.2) is 6.04 Å². The molecule has 0 spiro atoms. The van der Waals surface area contributed by atoms with Gasteiger partial charge in [0.05, 0.1) is 0 Å². The van der Waals surface area contributed by atoms with Crippen molar-refractivity contribution >= 4 is 0 Å². The third-order valence-electron chi connectivity index (χ3n) is 5.29. The molecule has 0 amide bonds. The number of rotatable bonds is 3. The zero-order valence-corrected chi connectivity index (χ0v) is 13.3. The van der Waals surface area contributed by atoms with E-state index in [1.807, 2.05) is 0 Å². The van der Waals surface area contributed by atoms with Crippen molar-refractivity contribution in [2.45, 2.75) is 71.4 Å². The highest BCUT2D eigenvalue weighted by atomic mass is 14.9. The van der Waals surface area contributed by atoms with E-state index >= 15 is 0 Å². The highest BCUT2D eigenvalue weighted by Gasteiger charge is 2.25. The van der Waals surface area contributed by atoms with Gasteiger partial charge in [0.1, 0.15) is 0 Å². The Morgan fingerprint density at radius 1 is 1.00 bits per heavy atom. The molecule has 1 fully saturated rings. The molecule has 3 unspecified atom stereocenters. The standard InChI is InChI=1S/C19H29N/c1-13-9-14(2)11-19(10-13)20-15(3)17-8-7-16-5-4-6-18(16)12-17/h7-8,12-15,19-20H,4-6,9-11H2,1-3H3. The van der Waals surface area contributed by atoms with Crippen LogP contribution in [-0.2, 0) is 12.8 Å². The molecular weight excluding hydrogens is 242 g/mol. The third-order valence-corrected chi connectivity index (χ3v) is 5.29. The van der Waals surface area contributed by atoms with E-state index < -0.39 is 0 Å². The van der Waals surface area contributed by atoms with Crippen LogP contribution in [0.1, 0.15) is 69.2 Å². The molecule has 0 heterocycles. The van der Waals surface area contributed by atoms with Crippen molar-refractivity contribution in [1.82, 2.24) is 5.32 Å². The van der Waals surface area contributed by atoms with Crippen LogP contribution >= 0.6 is 0 Å². The lowest BCUT2D eigenvalue weighted by Gasteiger charge is -2.34. The van der Waals surface area contributed by atoms with Crippen molar-refractivity contribution in [2.24, 2.45) is 11.8 Å². The van der Waals surface area contributed by atoms with Crippen molar-refractivity contribution in [3.8, 4) is 0 Å². The van der Waals surface area contributed by atoms with Crippen molar-refractivity contribution in [3.05, 3.63) is 34.9 Å². The number of aryl methyl sites for hydroxylation is 2. The van der Waals surface area contributed by atoms with E-state index in [0.717, 1.165) is 11.8 Å². The minimum absolute atomic E-state index is 0.489. The van der Waals surface area contributed by atoms with Crippen LogP contribution < -0.4 is 5.32 Å². The summed E-state index contributed by atoms with van der Waals surface area (Å²) in [5.74, 6) is 1.76. The zero-order chi connectivity index (χ0) is 14.1. The molecule has 1 heteroatoms. The molecule has 1 nitrogen and oxygen atoms in total. The Morgan fingerprint density at radius 2 is 1.70 bits per heavy atom. The number of benzene rings is 1. The van der Waals surface area contributed by atoms with Crippen molar-refractivity contribution in [2.75, 3.05) is 0 Å². The van der Waals surface area contributed by atoms with E-state index in [9.17, 15) is 0 Å². The van der Waals surface area contributed by atoms with E-state index in [-0.39, 0.29) is 0 Å². The van der Waals surface area contributed by atoms with Gasteiger partial charge in [0.25, 0.3) is 0 Å². The predicted molar refractivity (Wildman–Crippen MR) is 86.0 cm³/mol. The maximum atomic E-state index is 3.89. The maximum absolute atomic E-state index is 3.89. The molecule has 3 rings (SSSR count). The molecule has 0 radical (unpaired) electrons. The van der Waals surface area contributed by atoms with Gasteiger partial charge in [-0.2, -0.15) is 0 Å². The Labute approximate surface area is 124 Å². The quantitative estimate of drug-likeness (QED) is 0.843. The van der Waals surface area contributed by atoms with Gasteiger partial charge in [-0.15, -0.1) is 0 Å². The second-order valence-electron chi connectivity index (χ2n) is 7.38. The Balaban J connectivity index is 1.65. The first-order valence-corrected chi connectivity index (χ1v) is 8.49. The van der Waals surface area contributed by atoms with Crippen LogP contribution in [0.4, 0.5) is 0 Å². The average Bonchev–Trinajstić information content (AvgIpc) is 2.84. The summed E-state index contributed by atoms with van der Waals surface area (Å²) >= 11 is 0. The summed E-state index contributed by atoms with van der Waals surface area (Å²) in [6, 6.07) is 8.36. The molecule has 1 aromatic carbocycles. The highest BCUT2D eigenvalue weighted by Crippen LogP contribution is 2.31. The molecule has 1 aromatic rings. The SMILES string of the molecule is CC1CC(C)CC(NC(C)c2ccc3c(c2)CCC3)C1. The first-order chi connectivity index (χ1) is 9.61. The molecule has 0 aromatic heterocycles. The summed E-state index contributed by atoms with van der Waals surface area (Å²) in [5.41, 5.74) is 4.67. The van der Waals surface area contributed by atoms with Gasteiger partial charge >= 0.3 is 0 Å². The molecule has 1 saturated carbocycles. The first-order valence-electron chi connectivity index (χ1n) is 8.49. The van der Waals surface area contributed by atoms with Crippen LogP contribution in [0.5, 0.6) is 0 Å². The Bertz CT molecular complexity index is 455. The number of hydrogen-bond acceptors (Lipinski definition) is 1. The highest BCUT2D eigenvalue weighted by molar-refractivity contribution is 5.36. The van der Waals surface area contributed by atoms with Gasteiger partial charge in [-0.25, -0.2) is 0 Å². The van der Waals surface area contributed by atoms with Gasteiger partial charge in [-0.1, -0.05) is 32.0 Å². The van der Waals surface area contributed by atoms with E-state index in [0.29, 0.717) is 12.1 Å². The molecule has 3 atom stereocenters. The van der Waals surface area contributed by atoms with Gasteiger partial charge in [0.15, 0.2) is 0 Å². The van der Waals surface area contributed by atoms with Crippen molar-refractivity contribution in [3.63, 3.8) is 0 Å². The molecule has 1 N–H and O–H groups in total.